The fourth-order valence-corrected chi connectivity index (χ4v) is 7.43. The molecule has 2 heteroatoms. The van der Waals surface area contributed by atoms with Crippen LogP contribution >= 0.6 is 0 Å². The fourth-order valence-electron chi connectivity index (χ4n) is 7.43. The molecule has 0 saturated heterocycles. The van der Waals surface area contributed by atoms with Crippen LogP contribution in [0, 0.1) is 0 Å². The van der Waals surface area contributed by atoms with E-state index in [0.29, 0.717) is 6.85 Å². The van der Waals surface area contributed by atoms with Crippen LogP contribution in [0.3, 0.4) is 0 Å². The largest absolute Gasteiger partial charge is 0.414 e. The lowest BCUT2D eigenvalue weighted by atomic mass is 9.54. The Labute approximate surface area is 286 Å². The predicted octanol–water partition coefficient (Wildman–Crippen LogP) is 15.6. The summed E-state index contributed by atoms with van der Waals surface area (Å²) >= 11 is 0. The molecule has 0 aliphatic carbocycles. The average Bonchev–Trinajstić information content (AvgIpc) is 3.05. The van der Waals surface area contributed by atoms with E-state index < -0.39 is 0 Å². The number of allylic oxidation sites excluding steroid dienone is 3. The van der Waals surface area contributed by atoms with Gasteiger partial charge in [0.1, 0.15) is 0 Å². The summed E-state index contributed by atoms with van der Waals surface area (Å²) in [6.45, 7) is 8.89. The molecule has 1 nitrogen and oxygen atoms in total. The molecule has 0 unspecified atom stereocenters. The van der Waals surface area contributed by atoms with E-state index in [1.807, 2.05) is 0 Å². The second-order valence-electron chi connectivity index (χ2n) is 14.9. The van der Waals surface area contributed by atoms with Gasteiger partial charge in [-0.3, -0.25) is 0 Å². The van der Waals surface area contributed by atoms with Crippen molar-refractivity contribution in [1.29, 1.82) is 0 Å². The van der Waals surface area contributed by atoms with Gasteiger partial charge in [0.2, 0.25) is 0 Å². The Morgan fingerprint density at radius 2 is 0.733 bits per heavy atom. The molecular weight excluding hydrogens is 541 g/mol. The second kappa shape index (κ2) is 34.7. The molecule has 1 aliphatic rings. The lowest BCUT2D eigenvalue weighted by molar-refractivity contribution is 0.454. The summed E-state index contributed by atoms with van der Waals surface area (Å²) < 4.78 is 0. The molecule has 0 bridgehead atoms. The summed E-state index contributed by atoms with van der Waals surface area (Å²) in [6.07, 6.45) is 55.0. The Kier molecular flexibility index (Phi) is 32.6. The fraction of sp³-hybridized carbons (Fsp3) is 0.907. The normalized spacial score (nSPS) is 13.3. The number of hydrogen-bond acceptors (Lipinski definition) is 1. The average molecular weight is 626 g/mol. The summed E-state index contributed by atoms with van der Waals surface area (Å²) in [5.41, 5.74) is 1.66. The SMILES string of the molecule is CCCCCCCCCCCCCB1C=CC=C(CCCCCCCCCCCCC)N1CCCCCCCCCCCCC. The molecule has 0 spiro atoms. The maximum Gasteiger partial charge on any atom is 0.280 e. The first-order valence-corrected chi connectivity index (χ1v) is 21.5. The van der Waals surface area contributed by atoms with Gasteiger partial charge in [-0.15, -0.1) is 0 Å². The molecule has 1 aliphatic heterocycles. The van der Waals surface area contributed by atoms with Crippen molar-refractivity contribution in [1.82, 2.24) is 4.81 Å². The van der Waals surface area contributed by atoms with Gasteiger partial charge in [-0.05, 0) is 31.7 Å². The molecule has 1 rings (SSSR count). The van der Waals surface area contributed by atoms with Crippen LogP contribution in [0.15, 0.2) is 23.8 Å². The Morgan fingerprint density at radius 3 is 1.13 bits per heavy atom. The van der Waals surface area contributed by atoms with Gasteiger partial charge < -0.3 is 4.81 Å². The molecular formula is C43H84BN. The van der Waals surface area contributed by atoms with E-state index in [9.17, 15) is 0 Å². The smallest absolute Gasteiger partial charge is 0.280 e. The van der Waals surface area contributed by atoms with Gasteiger partial charge in [0.15, 0.2) is 0 Å². The number of rotatable bonds is 36. The minimum atomic E-state index is 0.652. The molecule has 0 aromatic carbocycles. The zero-order chi connectivity index (χ0) is 32.3. The van der Waals surface area contributed by atoms with Gasteiger partial charge in [-0.1, -0.05) is 232 Å². The van der Waals surface area contributed by atoms with Crippen molar-refractivity contribution in [3.8, 4) is 0 Å². The van der Waals surface area contributed by atoms with Gasteiger partial charge >= 0.3 is 0 Å². The topological polar surface area (TPSA) is 3.24 Å². The minimum absolute atomic E-state index is 0.652. The zero-order valence-corrected chi connectivity index (χ0v) is 31.7. The molecule has 0 amide bonds. The van der Waals surface area contributed by atoms with Crippen LogP contribution < -0.4 is 0 Å². The highest BCUT2D eigenvalue weighted by Crippen LogP contribution is 2.25. The molecule has 45 heavy (non-hydrogen) atoms. The molecule has 0 fully saturated rings. The van der Waals surface area contributed by atoms with E-state index in [0.717, 1.165) is 0 Å². The highest BCUT2D eigenvalue weighted by molar-refractivity contribution is 6.62. The van der Waals surface area contributed by atoms with E-state index in [2.05, 4.69) is 43.7 Å². The predicted molar refractivity (Wildman–Crippen MR) is 208 cm³/mol. The third kappa shape index (κ3) is 27.0. The molecule has 0 N–H and O–H groups in total. The van der Waals surface area contributed by atoms with Crippen molar-refractivity contribution in [2.45, 2.75) is 245 Å². The van der Waals surface area contributed by atoms with Crippen LogP contribution in [0.2, 0.25) is 6.32 Å². The Morgan fingerprint density at radius 1 is 0.400 bits per heavy atom. The van der Waals surface area contributed by atoms with Crippen LogP contribution in [0.1, 0.15) is 239 Å². The maximum atomic E-state index is 2.86. The first-order chi connectivity index (χ1) is 22.3. The molecule has 0 aromatic rings. The first kappa shape index (κ1) is 42.4. The monoisotopic (exact) mass is 626 g/mol. The van der Waals surface area contributed by atoms with Crippen LogP contribution in [-0.2, 0) is 0 Å². The van der Waals surface area contributed by atoms with Gasteiger partial charge in [0.05, 0.1) is 0 Å². The number of hydrogen-bond donors (Lipinski definition) is 0. The lowest BCUT2D eigenvalue weighted by Crippen LogP contribution is -2.39. The van der Waals surface area contributed by atoms with Crippen molar-refractivity contribution in [2.75, 3.05) is 6.54 Å². The van der Waals surface area contributed by atoms with Crippen molar-refractivity contribution < 1.29 is 0 Å². The maximum absolute atomic E-state index is 2.86. The third-order valence-electron chi connectivity index (χ3n) is 10.5. The quantitative estimate of drug-likeness (QED) is 0.0494. The second-order valence-corrected chi connectivity index (χ2v) is 14.9. The summed E-state index contributed by atoms with van der Waals surface area (Å²) in [5, 5.41) is 0. The van der Waals surface area contributed by atoms with E-state index in [1.165, 1.54) is 231 Å². The standard InChI is InChI=1S/C43H84BN/c1-4-7-10-13-16-19-22-25-28-31-34-38-43-39-37-41-44(40-35-32-29-26-23-20-17-14-11-8-5-2)45(43)42-36-33-30-27-24-21-18-15-12-9-6-3/h37,39,41H,4-36,38,40,42H2,1-3H3. The summed E-state index contributed by atoms with van der Waals surface area (Å²) in [4.78, 5) is 2.86. The molecule has 0 atom stereocenters. The van der Waals surface area contributed by atoms with E-state index in [4.69, 9.17) is 0 Å². The number of nitrogens with zero attached hydrogens (tertiary/aromatic N) is 1. The van der Waals surface area contributed by atoms with Crippen molar-refractivity contribution in [2.24, 2.45) is 0 Å². The van der Waals surface area contributed by atoms with E-state index in [1.54, 1.807) is 5.70 Å². The number of unbranched alkanes of at least 4 members (excludes halogenated alkanes) is 30. The zero-order valence-electron chi connectivity index (χ0n) is 31.7. The highest BCUT2D eigenvalue weighted by atomic mass is 15.1. The van der Waals surface area contributed by atoms with Gasteiger partial charge in [-0.25, -0.2) is 0 Å². The Balaban J connectivity index is 2.31. The van der Waals surface area contributed by atoms with Crippen LogP contribution in [0.25, 0.3) is 0 Å². The summed E-state index contributed by atoms with van der Waals surface area (Å²) in [6, 6.07) is 0. The summed E-state index contributed by atoms with van der Waals surface area (Å²) in [7, 11) is 0. The molecule has 1 heterocycles. The van der Waals surface area contributed by atoms with Crippen LogP contribution in [0.5, 0.6) is 0 Å². The van der Waals surface area contributed by atoms with Crippen molar-refractivity contribution >= 4 is 6.85 Å². The molecule has 0 radical (unpaired) electrons. The van der Waals surface area contributed by atoms with Crippen molar-refractivity contribution in [3.63, 3.8) is 0 Å². The Bertz CT molecular complexity index is 640. The van der Waals surface area contributed by atoms with E-state index >= 15 is 0 Å². The van der Waals surface area contributed by atoms with Gasteiger partial charge in [0, 0.05) is 12.2 Å². The molecule has 0 aromatic heterocycles. The Hall–Kier alpha value is -0.655. The summed E-state index contributed by atoms with van der Waals surface area (Å²) in [5.74, 6) is 2.54. The van der Waals surface area contributed by atoms with Crippen LogP contribution in [0.4, 0.5) is 0 Å². The van der Waals surface area contributed by atoms with Gasteiger partial charge in [-0.2, -0.15) is 0 Å². The minimum Gasteiger partial charge on any atom is -0.414 e. The van der Waals surface area contributed by atoms with Gasteiger partial charge in [0.25, 0.3) is 6.85 Å². The molecule has 264 valence electrons. The van der Waals surface area contributed by atoms with E-state index in [-0.39, 0.29) is 0 Å². The van der Waals surface area contributed by atoms with Crippen LogP contribution in [-0.4, -0.2) is 18.2 Å². The highest BCUT2D eigenvalue weighted by Gasteiger charge is 2.24. The first-order valence-electron chi connectivity index (χ1n) is 21.5. The lowest BCUT2D eigenvalue weighted by Gasteiger charge is -2.35. The molecule has 0 saturated carbocycles. The third-order valence-corrected chi connectivity index (χ3v) is 10.5. The van der Waals surface area contributed by atoms with Crippen molar-refractivity contribution in [3.05, 3.63) is 23.8 Å².